The van der Waals surface area contributed by atoms with E-state index in [1.165, 1.54) is 6.92 Å². The fraction of sp³-hybridized carbons (Fsp3) is 0.357. The number of carbonyl (C=O) groups excluding carboxylic acids is 1. The number of halogens is 1. The smallest absolute Gasteiger partial charge is 0.221 e. The highest BCUT2D eigenvalue weighted by Gasteiger charge is 2.05. The zero-order valence-corrected chi connectivity index (χ0v) is 11.6. The lowest BCUT2D eigenvalue weighted by Crippen LogP contribution is -2.14. The van der Waals surface area contributed by atoms with E-state index in [0.29, 0.717) is 16.8 Å². The first-order chi connectivity index (χ1) is 8.52. The van der Waals surface area contributed by atoms with Gasteiger partial charge in [0.15, 0.2) is 0 Å². The van der Waals surface area contributed by atoms with Crippen molar-refractivity contribution in [3.63, 3.8) is 0 Å². The molecule has 1 rings (SSSR count). The van der Waals surface area contributed by atoms with Crippen LogP contribution in [0.2, 0.25) is 5.02 Å². The van der Waals surface area contributed by atoms with Crippen LogP contribution in [0, 0.1) is 0 Å². The minimum atomic E-state index is -0.128. The van der Waals surface area contributed by atoms with E-state index >= 15 is 0 Å². The summed E-state index contributed by atoms with van der Waals surface area (Å²) in [5.41, 5.74) is 1.58. The molecule has 0 bridgehead atoms. The fourth-order valence-corrected chi connectivity index (χ4v) is 1.85. The van der Waals surface area contributed by atoms with E-state index in [9.17, 15) is 4.79 Å². The molecule has 1 atom stereocenters. The van der Waals surface area contributed by atoms with Crippen LogP contribution in [0.25, 0.3) is 0 Å². The molecule has 0 aliphatic heterocycles. The highest BCUT2D eigenvalue weighted by Crippen LogP contribution is 2.26. The molecule has 0 saturated carbocycles. The number of rotatable bonds is 6. The van der Waals surface area contributed by atoms with E-state index in [0.717, 1.165) is 18.5 Å². The van der Waals surface area contributed by atoms with Crippen molar-refractivity contribution in [2.45, 2.75) is 32.7 Å². The van der Waals surface area contributed by atoms with Crippen molar-refractivity contribution in [2.75, 3.05) is 10.6 Å². The van der Waals surface area contributed by atoms with Crippen molar-refractivity contribution < 1.29 is 4.79 Å². The summed E-state index contributed by atoms with van der Waals surface area (Å²) < 4.78 is 0. The van der Waals surface area contributed by atoms with Crippen LogP contribution in [0.5, 0.6) is 0 Å². The van der Waals surface area contributed by atoms with Gasteiger partial charge in [0.25, 0.3) is 0 Å². The molecule has 2 N–H and O–H groups in total. The van der Waals surface area contributed by atoms with Crippen LogP contribution in [0.4, 0.5) is 11.4 Å². The van der Waals surface area contributed by atoms with Gasteiger partial charge in [0, 0.05) is 18.7 Å². The molecule has 0 saturated heterocycles. The van der Waals surface area contributed by atoms with Crippen molar-refractivity contribution in [1.29, 1.82) is 0 Å². The zero-order valence-electron chi connectivity index (χ0n) is 10.8. The van der Waals surface area contributed by atoms with Gasteiger partial charge in [-0.3, -0.25) is 4.79 Å². The SMILES string of the molecule is C=CCCC(C)Nc1ccc(NC(C)=O)c(Cl)c1. The second kappa shape index (κ2) is 7.07. The van der Waals surface area contributed by atoms with Gasteiger partial charge in [-0.15, -0.1) is 6.58 Å². The highest BCUT2D eigenvalue weighted by molar-refractivity contribution is 6.34. The third-order valence-corrected chi connectivity index (χ3v) is 2.81. The lowest BCUT2D eigenvalue weighted by atomic mass is 10.1. The quantitative estimate of drug-likeness (QED) is 0.762. The summed E-state index contributed by atoms with van der Waals surface area (Å²) in [6.07, 6.45) is 3.91. The third-order valence-electron chi connectivity index (χ3n) is 2.50. The molecule has 1 amide bonds. The van der Waals surface area contributed by atoms with Gasteiger partial charge < -0.3 is 10.6 Å². The van der Waals surface area contributed by atoms with E-state index < -0.39 is 0 Å². The van der Waals surface area contributed by atoms with Crippen LogP contribution in [0.15, 0.2) is 30.9 Å². The molecule has 0 aliphatic rings. The van der Waals surface area contributed by atoms with Gasteiger partial charge in [-0.05, 0) is 38.0 Å². The normalized spacial score (nSPS) is 11.7. The topological polar surface area (TPSA) is 41.1 Å². The molecule has 0 radical (unpaired) electrons. The Kier molecular flexibility index (Phi) is 5.72. The molecule has 1 unspecified atom stereocenters. The lowest BCUT2D eigenvalue weighted by molar-refractivity contribution is -0.114. The fourth-order valence-electron chi connectivity index (χ4n) is 1.62. The first kappa shape index (κ1) is 14.6. The highest BCUT2D eigenvalue weighted by atomic mass is 35.5. The average Bonchev–Trinajstić information content (AvgIpc) is 2.29. The Morgan fingerprint density at radius 2 is 2.28 bits per heavy atom. The summed E-state index contributed by atoms with van der Waals surface area (Å²) in [6.45, 7) is 7.27. The third kappa shape index (κ3) is 4.80. The largest absolute Gasteiger partial charge is 0.383 e. The Hall–Kier alpha value is -1.48. The van der Waals surface area contributed by atoms with E-state index in [2.05, 4.69) is 24.1 Å². The Morgan fingerprint density at radius 1 is 1.56 bits per heavy atom. The van der Waals surface area contributed by atoms with Crippen molar-refractivity contribution in [3.05, 3.63) is 35.9 Å². The molecule has 1 aromatic rings. The molecule has 0 fully saturated rings. The molecule has 0 aliphatic carbocycles. The van der Waals surface area contributed by atoms with Gasteiger partial charge in [0.2, 0.25) is 5.91 Å². The van der Waals surface area contributed by atoms with Gasteiger partial charge in [0.05, 0.1) is 10.7 Å². The molecule has 1 aromatic carbocycles. The molecule has 3 nitrogen and oxygen atoms in total. The monoisotopic (exact) mass is 266 g/mol. The van der Waals surface area contributed by atoms with Gasteiger partial charge in [-0.2, -0.15) is 0 Å². The predicted molar refractivity (Wildman–Crippen MR) is 78.3 cm³/mol. The Bertz CT molecular complexity index is 432. The summed E-state index contributed by atoms with van der Waals surface area (Å²) in [4.78, 5) is 11.0. The number of benzene rings is 1. The van der Waals surface area contributed by atoms with Crippen molar-refractivity contribution in [1.82, 2.24) is 0 Å². The van der Waals surface area contributed by atoms with Crippen LogP contribution in [-0.4, -0.2) is 11.9 Å². The van der Waals surface area contributed by atoms with Crippen LogP contribution in [0.3, 0.4) is 0 Å². The maximum absolute atomic E-state index is 11.0. The number of nitrogens with one attached hydrogen (secondary N) is 2. The molecule has 18 heavy (non-hydrogen) atoms. The maximum Gasteiger partial charge on any atom is 0.221 e. The van der Waals surface area contributed by atoms with Crippen LogP contribution < -0.4 is 10.6 Å². The summed E-state index contributed by atoms with van der Waals surface area (Å²) in [6, 6.07) is 5.87. The van der Waals surface area contributed by atoms with E-state index in [1.54, 1.807) is 6.07 Å². The lowest BCUT2D eigenvalue weighted by Gasteiger charge is -2.15. The van der Waals surface area contributed by atoms with Crippen molar-refractivity contribution >= 4 is 28.9 Å². The first-order valence-corrected chi connectivity index (χ1v) is 6.35. The Balaban J connectivity index is 2.66. The summed E-state index contributed by atoms with van der Waals surface area (Å²) in [5, 5.41) is 6.56. The van der Waals surface area contributed by atoms with Crippen LogP contribution in [0.1, 0.15) is 26.7 Å². The number of amides is 1. The number of allylic oxidation sites excluding steroid dienone is 1. The minimum absolute atomic E-state index is 0.128. The molecule has 4 heteroatoms. The van der Waals surface area contributed by atoms with Crippen LogP contribution in [-0.2, 0) is 4.79 Å². The molecular formula is C14H19ClN2O. The first-order valence-electron chi connectivity index (χ1n) is 5.97. The second-order valence-corrected chi connectivity index (χ2v) is 4.69. The van der Waals surface area contributed by atoms with Gasteiger partial charge in [-0.1, -0.05) is 17.7 Å². The number of carbonyl (C=O) groups is 1. The average molecular weight is 267 g/mol. The summed E-state index contributed by atoms with van der Waals surface area (Å²) >= 11 is 6.09. The zero-order chi connectivity index (χ0) is 13.5. The Morgan fingerprint density at radius 3 is 2.83 bits per heavy atom. The molecule has 0 heterocycles. The Labute approximate surface area is 113 Å². The number of hydrogen-bond acceptors (Lipinski definition) is 2. The molecule has 98 valence electrons. The van der Waals surface area contributed by atoms with E-state index in [1.807, 2.05) is 18.2 Å². The predicted octanol–water partition coefficient (Wildman–Crippen LogP) is 4.07. The molecule has 0 spiro atoms. The minimum Gasteiger partial charge on any atom is -0.383 e. The van der Waals surface area contributed by atoms with Crippen molar-refractivity contribution in [3.8, 4) is 0 Å². The van der Waals surface area contributed by atoms with E-state index in [4.69, 9.17) is 11.6 Å². The maximum atomic E-state index is 11.0. The summed E-state index contributed by atoms with van der Waals surface area (Å²) in [7, 11) is 0. The molecule has 0 aromatic heterocycles. The van der Waals surface area contributed by atoms with Crippen LogP contribution >= 0.6 is 11.6 Å². The van der Waals surface area contributed by atoms with Gasteiger partial charge in [-0.25, -0.2) is 0 Å². The van der Waals surface area contributed by atoms with Crippen molar-refractivity contribution in [2.24, 2.45) is 0 Å². The number of anilines is 2. The second-order valence-electron chi connectivity index (χ2n) is 4.29. The van der Waals surface area contributed by atoms with Gasteiger partial charge >= 0.3 is 0 Å². The standard InChI is InChI=1S/C14H19ClN2O/c1-4-5-6-10(2)16-12-7-8-14(13(15)9-12)17-11(3)18/h4,7-10,16H,1,5-6H2,2-3H3,(H,17,18). The summed E-state index contributed by atoms with van der Waals surface area (Å²) in [5.74, 6) is -0.128. The van der Waals surface area contributed by atoms with Gasteiger partial charge in [0.1, 0.15) is 0 Å². The van der Waals surface area contributed by atoms with E-state index in [-0.39, 0.29) is 5.91 Å². The number of hydrogen-bond donors (Lipinski definition) is 2. The molecular weight excluding hydrogens is 248 g/mol.